The summed E-state index contributed by atoms with van der Waals surface area (Å²) in [5.74, 6) is 4.02. The zero-order chi connectivity index (χ0) is 13.6. The predicted octanol–water partition coefficient (Wildman–Crippen LogP) is 3.53. The van der Waals surface area contributed by atoms with Crippen LogP contribution < -0.4 is 0 Å². The van der Waals surface area contributed by atoms with E-state index in [1.807, 2.05) is 18.9 Å². The SMILES string of the molecule is CC(Cl)CCN(C)C(=O)C1C2CC3CC(C2)CC1C3. The van der Waals surface area contributed by atoms with Gasteiger partial charge in [-0.2, -0.15) is 0 Å². The first-order chi connectivity index (χ1) is 9.04. The number of carbonyl (C=O) groups is 1. The second kappa shape index (κ2) is 5.27. The van der Waals surface area contributed by atoms with Crippen molar-refractivity contribution in [2.75, 3.05) is 13.6 Å². The van der Waals surface area contributed by atoms with Crippen molar-refractivity contribution in [2.45, 2.75) is 50.8 Å². The van der Waals surface area contributed by atoms with Gasteiger partial charge in [0.1, 0.15) is 0 Å². The first kappa shape index (κ1) is 13.7. The van der Waals surface area contributed by atoms with E-state index in [0.29, 0.717) is 23.7 Å². The molecule has 4 bridgehead atoms. The first-order valence-corrected chi connectivity index (χ1v) is 8.37. The molecule has 0 heterocycles. The molecular formula is C16H26ClNO. The monoisotopic (exact) mass is 283 g/mol. The Hall–Kier alpha value is -0.240. The minimum absolute atomic E-state index is 0.161. The Bertz CT molecular complexity index is 327. The summed E-state index contributed by atoms with van der Waals surface area (Å²) in [7, 11) is 1.96. The lowest BCUT2D eigenvalue weighted by molar-refractivity contribution is -0.147. The quantitative estimate of drug-likeness (QED) is 0.723. The summed E-state index contributed by atoms with van der Waals surface area (Å²) in [6.45, 7) is 2.81. The van der Waals surface area contributed by atoms with Crippen molar-refractivity contribution >= 4 is 17.5 Å². The Morgan fingerprint density at radius 3 is 2.16 bits per heavy atom. The number of hydrogen-bond donors (Lipinski definition) is 0. The van der Waals surface area contributed by atoms with Crippen LogP contribution in [-0.2, 0) is 4.79 Å². The molecule has 4 aliphatic carbocycles. The van der Waals surface area contributed by atoms with Crippen LogP contribution in [0.2, 0.25) is 0 Å². The van der Waals surface area contributed by atoms with Crippen LogP contribution in [0.4, 0.5) is 0 Å². The number of amides is 1. The summed E-state index contributed by atoms with van der Waals surface area (Å²) in [4.78, 5) is 14.7. The van der Waals surface area contributed by atoms with Crippen LogP contribution in [0.15, 0.2) is 0 Å². The molecule has 0 N–H and O–H groups in total. The number of alkyl halides is 1. The van der Waals surface area contributed by atoms with Gasteiger partial charge in [0.2, 0.25) is 5.91 Å². The average molecular weight is 284 g/mol. The molecule has 0 aromatic carbocycles. The fraction of sp³-hybridized carbons (Fsp3) is 0.938. The summed E-state index contributed by atoms with van der Waals surface area (Å²) < 4.78 is 0. The van der Waals surface area contributed by atoms with Crippen molar-refractivity contribution in [1.82, 2.24) is 4.90 Å². The third-order valence-electron chi connectivity index (χ3n) is 5.75. The molecule has 4 rings (SSSR count). The summed E-state index contributed by atoms with van der Waals surface area (Å²) in [6, 6.07) is 0. The van der Waals surface area contributed by atoms with E-state index in [9.17, 15) is 4.79 Å². The predicted molar refractivity (Wildman–Crippen MR) is 78.1 cm³/mol. The minimum Gasteiger partial charge on any atom is -0.345 e. The third-order valence-corrected chi connectivity index (χ3v) is 5.97. The largest absolute Gasteiger partial charge is 0.345 e. The maximum absolute atomic E-state index is 12.7. The number of halogens is 1. The highest BCUT2D eigenvalue weighted by atomic mass is 35.5. The topological polar surface area (TPSA) is 20.3 Å². The second-order valence-electron chi connectivity index (χ2n) is 7.29. The molecule has 0 spiro atoms. The highest BCUT2D eigenvalue weighted by molar-refractivity contribution is 6.20. The molecule has 108 valence electrons. The molecule has 0 saturated heterocycles. The normalized spacial score (nSPS) is 41.3. The Morgan fingerprint density at radius 1 is 1.16 bits per heavy atom. The molecule has 3 heteroatoms. The molecule has 0 aromatic heterocycles. The number of carbonyl (C=O) groups excluding carboxylic acids is 1. The van der Waals surface area contributed by atoms with Crippen LogP contribution in [0.25, 0.3) is 0 Å². The molecular weight excluding hydrogens is 258 g/mol. The van der Waals surface area contributed by atoms with E-state index in [4.69, 9.17) is 11.6 Å². The summed E-state index contributed by atoms with van der Waals surface area (Å²) in [5.41, 5.74) is 0. The van der Waals surface area contributed by atoms with Gasteiger partial charge in [-0.05, 0) is 69.1 Å². The molecule has 1 amide bonds. The van der Waals surface area contributed by atoms with E-state index in [1.165, 1.54) is 32.1 Å². The van der Waals surface area contributed by atoms with Crippen LogP contribution in [0.1, 0.15) is 45.4 Å². The molecule has 4 aliphatic rings. The van der Waals surface area contributed by atoms with Gasteiger partial charge < -0.3 is 4.90 Å². The number of nitrogens with zero attached hydrogens (tertiary/aromatic N) is 1. The number of rotatable bonds is 4. The van der Waals surface area contributed by atoms with Crippen LogP contribution in [0.3, 0.4) is 0 Å². The van der Waals surface area contributed by atoms with Crippen LogP contribution in [0, 0.1) is 29.6 Å². The summed E-state index contributed by atoms with van der Waals surface area (Å²) in [5, 5.41) is 0.161. The fourth-order valence-corrected chi connectivity index (χ4v) is 5.16. The van der Waals surface area contributed by atoms with Crippen molar-refractivity contribution in [3.63, 3.8) is 0 Å². The fourth-order valence-electron chi connectivity index (χ4n) is 5.06. The van der Waals surface area contributed by atoms with E-state index in [-0.39, 0.29) is 5.38 Å². The maximum Gasteiger partial charge on any atom is 0.225 e. The molecule has 4 fully saturated rings. The van der Waals surface area contributed by atoms with E-state index >= 15 is 0 Å². The van der Waals surface area contributed by atoms with E-state index in [2.05, 4.69) is 0 Å². The molecule has 0 aromatic rings. The van der Waals surface area contributed by atoms with Gasteiger partial charge in [-0.1, -0.05) is 0 Å². The molecule has 0 aliphatic heterocycles. The van der Waals surface area contributed by atoms with Crippen molar-refractivity contribution < 1.29 is 4.79 Å². The molecule has 1 unspecified atom stereocenters. The lowest BCUT2D eigenvalue weighted by Gasteiger charge is -2.54. The summed E-state index contributed by atoms with van der Waals surface area (Å²) >= 11 is 6.00. The first-order valence-electron chi connectivity index (χ1n) is 7.93. The average Bonchev–Trinajstić information content (AvgIpc) is 2.34. The Morgan fingerprint density at radius 2 is 1.68 bits per heavy atom. The van der Waals surface area contributed by atoms with Gasteiger partial charge >= 0.3 is 0 Å². The number of hydrogen-bond acceptors (Lipinski definition) is 1. The molecule has 4 saturated carbocycles. The van der Waals surface area contributed by atoms with Crippen molar-refractivity contribution in [1.29, 1.82) is 0 Å². The van der Waals surface area contributed by atoms with Gasteiger partial charge in [0.05, 0.1) is 0 Å². The molecule has 1 atom stereocenters. The van der Waals surface area contributed by atoms with Crippen molar-refractivity contribution in [2.24, 2.45) is 29.6 Å². The molecule has 0 radical (unpaired) electrons. The van der Waals surface area contributed by atoms with Gasteiger partial charge in [0.25, 0.3) is 0 Å². The lowest BCUT2D eigenvalue weighted by Crippen LogP contribution is -2.51. The third kappa shape index (κ3) is 2.66. The Kier molecular flexibility index (Phi) is 3.81. The van der Waals surface area contributed by atoms with Crippen molar-refractivity contribution in [3.05, 3.63) is 0 Å². The molecule has 19 heavy (non-hydrogen) atoms. The zero-order valence-corrected chi connectivity index (χ0v) is 12.9. The van der Waals surface area contributed by atoms with Gasteiger partial charge in [-0.25, -0.2) is 0 Å². The van der Waals surface area contributed by atoms with E-state index < -0.39 is 0 Å². The zero-order valence-electron chi connectivity index (χ0n) is 12.1. The maximum atomic E-state index is 12.7. The smallest absolute Gasteiger partial charge is 0.225 e. The molecule has 2 nitrogen and oxygen atoms in total. The minimum atomic E-state index is 0.161. The van der Waals surface area contributed by atoms with Gasteiger partial charge in [-0.15, -0.1) is 11.6 Å². The lowest BCUT2D eigenvalue weighted by atomic mass is 9.51. The van der Waals surface area contributed by atoms with Gasteiger partial charge in [0, 0.05) is 24.9 Å². The van der Waals surface area contributed by atoms with Gasteiger partial charge in [0.15, 0.2) is 0 Å². The van der Waals surface area contributed by atoms with Crippen LogP contribution in [0.5, 0.6) is 0 Å². The highest BCUT2D eigenvalue weighted by Crippen LogP contribution is 2.56. The standard InChI is InChI=1S/C16H26ClNO/c1-10(17)3-4-18(2)16(19)15-13-6-11-5-12(8-13)9-14(15)7-11/h10-15H,3-9H2,1-2H3. The summed E-state index contributed by atoms with van der Waals surface area (Å²) in [6.07, 6.45) is 7.64. The van der Waals surface area contributed by atoms with E-state index in [1.54, 1.807) is 0 Å². The van der Waals surface area contributed by atoms with Crippen molar-refractivity contribution in [3.8, 4) is 0 Å². The Balaban J connectivity index is 1.63. The Labute approximate surface area is 121 Å². The second-order valence-corrected chi connectivity index (χ2v) is 8.03. The van der Waals surface area contributed by atoms with E-state index in [0.717, 1.165) is 24.8 Å². The van der Waals surface area contributed by atoms with Crippen LogP contribution >= 0.6 is 11.6 Å². The van der Waals surface area contributed by atoms with Gasteiger partial charge in [-0.3, -0.25) is 4.79 Å². The highest BCUT2D eigenvalue weighted by Gasteiger charge is 2.51. The van der Waals surface area contributed by atoms with Crippen LogP contribution in [-0.4, -0.2) is 29.8 Å².